The molecule has 0 fully saturated rings. The maximum Gasteiger partial charge on any atom is 0.254 e. The van der Waals surface area contributed by atoms with Gasteiger partial charge in [0, 0.05) is 18.9 Å². The predicted octanol–water partition coefficient (Wildman–Crippen LogP) is 3.90. The normalized spacial score (nSPS) is 10.9. The number of hydrogen-bond acceptors (Lipinski definition) is 3. The van der Waals surface area contributed by atoms with Crippen molar-refractivity contribution >= 4 is 5.91 Å². The van der Waals surface area contributed by atoms with E-state index in [4.69, 9.17) is 0 Å². The van der Waals surface area contributed by atoms with Gasteiger partial charge in [-0.3, -0.25) is 4.79 Å². The van der Waals surface area contributed by atoms with Crippen molar-refractivity contribution in [2.75, 3.05) is 6.54 Å². The Labute approximate surface area is 176 Å². The summed E-state index contributed by atoms with van der Waals surface area (Å²) >= 11 is 0. The second-order valence-corrected chi connectivity index (χ2v) is 7.23. The van der Waals surface area contributed by atoms with E-state index in [1.54, 1.807) is 12.4 Å². The van der Waals surface area contributed by atoms with E-state index >= 15 is 0 Å². The zero-order valence-corrected chi connectivity index (χ0v) is 17.2. The molecule has 0 aliphatic carbocycles. The Morgan fingerprint density at radius 3 is 2.40 bits per heavy atom. The van der Waals surface area contributed by atoms with E-state index in [1.807, 2.05) is 64.9 Å². The van der Waals surface area contributed by atoms with Crippen molar-refractivity contribution in [1.82, 2.24) is 24.9 Å². The monoisotopic (exact) mass is 399 g/mol. The summed E-state index contributed by atoms with van der Waals surface area (Å²) < 4.78 is 3.67. The van der Waals surface area contributed by atoms with Crippen LogP contribution >= 0.6 is 0 Å². The van der Waals surface area contributed by atoms with Crippen LogP contribution in [0, 0.1) is 6.92 Å². The molecule has 0 unspecified atom stereocenters. The molecule has 152 valence electrons. The third-order valence-electron chi connectivity index (χ3n) is 5.13. The molecule has 1 N–H and O–H groups in total. The Morgan fingerprint density at radius 2 is 1.73 bits per heavy atom. The molecule has 0 atom stereocenters. The van der Waals surface area contributed by atoms with Gasteiger partial charge in [0.15, 0.2) is 0 Å². The molecule has 30 heavy (non-hydrogen) atoms. The number of amides is 1. The minimum Gasteiger partial charge on any atom is -0.352 e. The van der Waals surface area contributed by atoms with Gasteiger partial charge in [-0.15, -0.1) is 0 Å². The minimum atomic E-state index is -0.0848. The lowest BCUT2D eigenvalue weighted by molar-refractivity contribution is 0.0953. The summed E-state index contributed by atoms with van der Waals surface area (Å²) in [5.74, 6) is -0.0848. The molecule has 0 radical (unpaired) electrons. The Bertz CT molecular complexity index is 1110. The lowest BCUT2D eigenvalue weighted by Gasteiger charge is -2.09. The van der Waals surface area contributed by atoms with Gasteiger partial charge in [-0.05, 0) is 55.7 Å². The third-order valence-corrected chi connectivity index (χ3v) is 5.13. The Morgan fingerprint density at radius 1 is 1.00 bits per heavy atom. The highest BCUT2D eigenvalue weighted by atomic mass is 16.1. The van der Waals surface area contributed by atoms with Gasteiger partial charge in [-0.2, -0.15) is 10.2 Å². The van der Waals surface area contributed by atoms with Crippen LogP contribution in [0.15, 0.2) is 73.2 Å². The highest BCUT2D eigenvalue weighted by Crippen LogP contribution is 2.16. The van der Waals surface area contributed by atoms with Gasteiger partial charge in [-0.1, -0.05) is 36.8 Å². The molecular weight excluding hydrogens is 374 g/mol. The average molecular weight is 399 g/mol. The molecule has 0 spiro atoms. The molecule has 6 nitrogen and oxygen atoms in total. The van der Waals surface area contributed by atoms with E-state index in [1.165, 1.54) is 5.56 Å². The van der Waals surface area contributed by atoms with E-state index in [2.05, 4.69) is 34.6 Å². The first kappa shape index (κ1) is 19.6. The Hall–Kier alpha value is -3.67. The fourth-order valence-corrected chi connectivity index (χ4v) is 3.46. The Balaban J connectivity index is 1.39. The quantitative estimate of drug-likeness (QED) is 0.513. The van der Waals surface area contributed by atoms with E-state index in [0.717, 1.165) is 35.5 Å². The summed E-state index contributed by atoms with van der Waals surface area (Å²) in [6, 6.07) is 18.2. The highest BCUT2D eigenvalue weighted by molar-refractivity contribution is 5.95. The summed E-state index contributed by atoms with van der Waals surface area (Å²) in [5.41, 5.74) is 5.89. The number of carbonyl (C=O) groups is 1. The lowest BCUT2D eigenvalue weighted by atomic mass is 10.1. The summed E-state index contributed by atoms with van der Waals surface area (Å²) in [4.78, 5) is 12.7. The van der Waals surface area contributed by atoms with Crippen molar-refractivity contribution < 1.29 is 4.79 Å². The van der Waals surface area contributed by atoms with Gasteiger partial charge in [0.1, 0.15) is 0 Å². The number of nitrogens with one attached hydrogen (secondary N) is 1. The summed E-state index contributed by atoms with van der Waals surface area (Å²) in [6.07, 6.45) is 6.82. The molecule has 0 saturated heterocycles. The van der Waals surface area contributed by atoms with E-state index in [-0.39, 0.29) is 5.91 Å². The molecule has 0 aliphatic rings. The van der Waals surface area contributed by atoms with Crippen LogP contribution < -0.4 is 5.32 Å². The fourth-order valence-electron chi connectivity index (χ4n) is 3.46. The van der Waals surface area contributed by atoms with Crippen LogP contribution in [-0.4, -0.2) is 32.0 Å². The first-order chi connectivity index (χ1) is 14.7. The molecule has 2 aromatic heterocycles. The van der Waals surface area contributed by atoms with Crippen molar-refractivity contribution in [3.63, 3.8) is 0 Å². The summed E-state index contributed by atoms with van der Waals surface area (Å²) in [7, 11) is 0. The van der Waals surface area contributed by atoms with Crippen LogP contribution in [0.3, 0.4) is 0 Å². The number of aromatic nitrogens is 4. The summed E-state index contributed by atoms with van der Waals surface area (Å²) in [5, 5.41) is 11.7. The number of benzene rings is 2. The van der Waals surface area contributed by atoms with Crippen molar-refractivity contribution in [2.24, 2.45) is 0 Å². The van der Waals surface area contributed by atoms with Crippen LogP contribution in [0.25, 0.3) is 11.4 Å². The smallest absolute Gasteiger partial charge is 0.254 e. The molecule has 4 rings (SSSR count). The Kier molecular flexibility index (Phi) is 5.75. The van der Waals surface area contributed by atoms with Crippen molar-refractivity contribution in [2.45, 2.75) is 26.7 Å². The van der Waals surface area contributed by atoms with Gasteiger partial charge >= 0.3 is 0 Å². The van der Waals surface area contributed by atoms with Gasteiger partial charge in [-0.25, -0.2) is 9.36 Å². The van der Waals surface area contributed by atoms with Crippen LogP contribution in [0.2, 0.25) is 0 Å². The molecule has 4 aromatic rings. The van der Waals surface area contributed by atoms with Crippen LogP contribution in [0.5, 0.6) is 0 Å². The van der Waals surface area contributed by atoms with Gasteiger partial charge in [0.25, 0.3) is 5.91 Å². The maximum absolute atomic E-state index is 12.7. The minimum absolute atomic E-state index is 0.0848. The zero-order valence-electron chi connectivity index (χ0n) is 17.2. The predicted molar refractivity (Wildman–Crippen MR) is 117 cm³/mol. The third kappa shape index (κ3) is 4.17. The number of rotatable bonds is 7. The number of hydrogen-bond donors (Lipinski definition) is 1. The van der Waals surface area contributed by atoms with Gasteiger partial charge in [0.05, 0.1) is 28.8 Å². The topological polar surface area (TPSA) is 64.7 Å². The summed E-state index contributed by atoms with van der Waals surface area (Å²) in [6.45, 7) is 4.66. The largest absolute Gasteiger partial charge is 0.352 e. The molecule has 2 aromatic carbocycles. The standard InChI is InChI=1S/C24H25N5O/c1-3-23-22(17-27-29(23)21-9-5-18(2)6-10-21)24(30)25-15-13-19-7-11-20(12-8-19)28-16-4-14-26-28/h4-12,14,16-17H,3,13,15H2,1-2H3,(H,25,30). The van der Waals surface area contributed by atoms with Gasteiger partial charge in [0.2, 0.25) is 0 Å². The SMILES string of the molecule is CCc1c(C(=O)NCCc2ccc(-n3cccn3)cc2)cnn1-c1ccc(C)cc1. The lowest BCUT2D eigenvalue weighted by Crippen LogP contribution is -2.26. The van der Waals surface area contributed by atoms with E-state index in [9.17, 15) is 4.79 Å². The van der Waals surface area contributed by atoms with Crippen LogP contribution in [-0.2, 0) is 12.8 Å². The first-order valence-corrected chi connectivity index (χ1v) is 10.2. The van der Waals surface area contributed by atoms with Crippen LogP contribution in [0.1, 0.15) is 34.1 Å². The molecule has 6 heteroatoms. The first-order valence-electron chi connectivity index (χ1n) is 10.2. The molecular formula is C24H25N5O. The second-order valence-electron chi connectivity index (χ2n) is 7.23. The number of nitrogens with zero attached hydrogens (tertiary/aromatic N) is 4. The number of aryl methyl sites for hydroxylation is 1. The van der Waals surface area contributed by atoms with E-state index < -0.39 is 0 Å². The molecule has 0 saturated carbocycles. The van der Waals surface area contributed by atoms with Crippen molar-refractivity contribution in [3.8, 4) is 11.4 Å². The van der Waals surface area contributed by atoms with Gasteiger partial charge < -0.3 is 5.32 Å². The zero-order chi connectivity index (χ0) is 20.9. The number of carbonyl (C=O) groups excluding carboxylic acids is 1. The average Bonchev–Trinajstić information content (AvgIpc) is 3.45. The highest BCUT2D eigenvalue weighted by Gasteiger charge is 2.16. The van der Waals surface area contributed by atoms with E-state index in [0.29, 0.717) is 12.1 Å². The maximum atomic E-state index is 12.7. The molecule has 1 amide bonds. The molecule has 0 aliphatic heterocycles. The van der Waals surface area contributed by atoms with Crippen molar-refractivity contribution in [3.05, 3.63) is 95.6 Å². The fraction of sp³-hybridized carbons (Fsp3) is 0.208. The van der Waals surface area contributed by atoms with Crippen molar-refractivity contribution in [1.29, 1.82) is 0 Å². The van der Waals surface area contributed by atoms with Crippen LogP contribution in [0.4, 0.5) is 0 Å². The second kappa shape index (κ2) is 8.78. The molecule has 0 bridgehead atoms. The molecule has 2 heterocycles.